The molecule has 0 bridgehead atoms. The van der Waals surface area contributed by atoms with Gasteiger partial charge in [0.1, 0.15) is 0 Å². The predicted molar refractivity (Wildman–Crippen MR) is 89.0 cm³/mol. The lowest BCUT2D eigenvalue weighted by Crippen LogP contribution is -2.40. The number of rotatable bonds is 3. The van der Waals surface area contributed by atoms with Crippen LogP contribution in [-0.2, 0) is 12.0 Å². The Kier molecular flexibility index (Phi) is 5.81. The molecular weight excluding hydrogens is 298 g/mol. The number of carbonyl (C=O) groups is 1. The van der Waals surface area contributed by atoms with Gasteiger partial charge in [-0.25, -0.2) is 9.78 Å². The standard InChI is InChI=1S/C16H27N3O2S/c1-16(2,3)14-18-13(11-22-14)9-17-15(21)19-7-4-5-12(10-20)6-8-19/h11-12,20H,4-10H2,1-3H3,(H,17,21). The molecule has 2 heterocycles. The average Bonchev–Trinajstić information content (AvgIpc) is 2.82. The van der Waals surface area contributed by atoms with Crippen molar-refractivity contribution in [3.8, 4) is 0 Å². The van der Waals surface area contributed by atoms with Crippen molar-refractivity contribution in [1.82, 2.24) is 15.2 Å². The molecule has 5 nitrogen and oxygen atoms in total. The molecule has 0 radical (unpaired) electrons. The van der Waals surface area contributed by atoms with Gasteiger partial charge < -0.3 is 15.3 Å². The molecule has 1 fully saturated rings. The van der Waals surface area contributed by atoms with Crippen LogP contribution in [0.15, 0.2) is 5.38 Å². The van der Waals surface area contributed by atoms with Crippen molar-refractivity contribution in [3.63, 3.8) is 0 Å². The summed E-state index contributed by atoms with van der Waals surface area (Å²) in [6.45, 7) is 8.62. The van der Waals surface area contributed by atoms with Crippen molar-refractivity contribution >= 4 is 17.4 Å². The lowest BCUT2D eigenvalue weighted by atomic mass is 9.98. The molecular formula is C16H27N3O2S. The summed E-state index contributed by atoms with van der Waals surface area (Å²) >= 11 is 1.65. The van der Waals surface area contributed by atoms with Gasteiger partial charge in [0, 0.05) is 30.5 Å². The van der Waals surface area contributed by atoms with E-state index in [-0.39, 0.29) is 18.1 Å². The van der Waals surface area contributed by atoms with Crippen molar-refractivity contribution in [3.05, 3.63) is 16.1 Å². The number of hydrogen-bond acceptors (Lipinski definition) is 4. The number of likely N-dealkylation sites (tertiary alicyclic amines) is 1. The summed E-state index contributed by atoms with van der Waals surface area (Å²) in [5.41, 5.74) is 0.975. The summed E-state index contributed by atoms with van der Waals surface area (Å²) in [5, 5.41) is 15.3. The highest BCUT2D eigenvalue weighted by atomic mass is 32.1. The second-order valence-corrected chi connectivity index (χ2v) is 7.88. The van der Waals surface area contributed by atoms with E-state index >= 15 is 0 Å². The molecule has 0 spiro atoms. The molecule has 2 amide bonds. The van der Waals surface area contributed by atoms with Crippen LogP contribution in [0.4, 0.5) is 4.79 Å². The summed E-state index contributed by atoms with van der Waals surface area (Å²) in [4.78, 5) is 18.7. The van der Waals surface area contributed by atoms with Crippen molar-refractivity contribution in [2.24, 2.45) is 5.92 Å². The van der Waals surface area contributed by atoms with E-state index in [4.69, 9.17) is 0 Å². The highest BCUT2D eigenvalue weighted by molar-refractivity contribution is 7.09. The maximum atomic E-state index is 12.3. The molecule has 6 heteroatoms. The molecule has 1 aromatic rings. The van der Waals surface area contributed by atoms with Crippen molar-refractivity contribution < 1.29 is 9.90 Å². The first-order valence-corrected chi connectivity index (χ1v) is 8.86. The topological polar surface area (TPSA) is 65.5 Å². The van der Waals surface area contributed by atoms with E-state index in [1.54, 1.807) is 11.3 Å². The number of nitrogens with zero attached hydrogens (tertiary/aromatic N) is 2. The number of aliphatic hydroxyl groups excluding tert-OH is 1. The fourth-order valence-electron chi connectivity index (χ4n) is 2.56. The van der Waals surface area contributed by atoms with Crippen LogP contribution in [0.3, 0.4) is 0 Å². The molecule has 1 aliphatic heterocycles. The Balaban J connectivity index is 1.83. The number of thiazole rings is 1. The minimum Gasteiger partial charge on any atom is -0.396 e. The van der Waals surface area contributed by atoms with Crippen LogP contribution in [0, 0.1) is 5.92 Å². The number of aliphatic hydroxyl groups is 1. The molecule has 1 aliphatic rings. The van der Waals surface area contributed by atoms with Crippen LogP contribution < -0.4 is 5.32 Å². The third kappa shape index (κ3) is 4.68. The molecule has 2 rings (SSSR count). The summed E-state index contributed by atoms with van der Waals surface area (Å²) in [6, 6.07) is -0.0242. The van der Waals surface area contributed by atoms with E-state index in [2.05, 4.69) is 31.1 Å². The number of nitrogens with one attached hydrogen (secondary N) is 1. The van der Waals surface area contributed by atoms with Crippen molar-refractivity contribution in [2.75, 3.05) is 19.7 Å². The van der Waals surface area contributed by atoms with Crippen LogP contribution in [0.1, 0.15) is 50.7 Å². The second-order valence-electron chi connectivity index (χ2n) is 7.02. The van der Waals surface area contributed by atoms with E-state index in [0.717, 1.165) is 43.1 Å². The zero-order valence-electron chi connectivity index (χ0n) is 13.8. The summed E-state index contributed by atoms with van der Waals surface area (Å²) in [6.07, 6.45) is 2.85. The van der Waals surface area contributed by atoms with E-state index in [1.807, 2.05) is 10.3 Å². The SMILES string of the molecule is CC(C)(C)c1nc(CNC(=O)N2CCCC(CO)CC2)cs1. The average molecular weight is 325 g/mol. The largest absolute Gasteiger partial charge is 0.396 e. The quantitative estimate of drug-likeness (QED) is 0.898. The van der Waals surface area contributed by atoms with Gasteiger partial charge in [-0.3, -0.25) is 0 Å². The van der Waals surface area contributed by atoms with E-state index in [1.165, 1.54) is 0 Å². The normalized spacial score (nSPS) is 19.8. The van der Waals surface area contributed by atoms with Crippen molar-refractivity contribution in [2.45, 2.75) is 52.0 Å². The molecule has 1 atom stereocenters. The van der Waals surface area contributed by atoms with Crippen LogP contribution in [-0.4, -0.2) is 40.7 Å². The molecule has 2 N–H and O–H groups in total. The first-order valence-electron chi connectivity index (χ1n) is 7.98. The van der Waals surface area contributed by atoms with Gasteiger partial charge in [0.15, 0.2) is 0 Å². The highest BCUT2D eigenvalue weighted by Gasteiger charge is 2.21. The lowest BCUT2D eigenvalue weighted by Gasteiger charge is -2.20. The zero-order chi connectivity index (χ0) is 16.2. The van der Waals surface area contributed by atoms with E-state index in [0.29, 0.717) is 12.5 Å². The Morgan fingerprint density at radius 3 is 2.86 bits per heavy atom. The highest BCUT2D eigenvalue weighted by Crippen LogP contribution is 2.25. The maximum Gasteiger partial charge on any atom is 0.317 e. The number of urea groups is 1. The fraction of sp³-hybridized carbons (Fsp3) is 0.750. The Morgan fingerprint density at radius 1 is 1.45 bits per heavy atom. The van der Waals surface area contributed by atoms with Gasteiger partial charge in [-0.15, -0.1) is 11.3 Å². The minimum absolute atomic E-state index is 0.0242. The van der Waals surface area contributed by atoms with Gasteiger partial charge in [0.05, 0.1) is 17.2 Å². The predicted octanol–water partition coefficient (Wildman–Crippen LogP) is 2.74. The Bertz CT molecular complexity index is 496. The Labute approximate surface area is 136 Å². The van der Waals surface area contributed by atoms with Gasteiger partial charge in [-0.1, -0.05) is 20.8 Å². The zero-order valence-corrected chi connectivity index (χ0v) is 14.6. The summed E-state index contributed by atoms with van der Waals surface area (Å²) < 4.78 is 0. The molecule has 1 aromatic heterocycles. The first-order chi connectivity index (χ1) is 10.4. The van der Waals surface area contributed by atoms with Gasteiger partial charge >= 0.3 is 6.03 Å². The van der Waals surface area contributed by atoms with Crippen LogP contribution in [0.5, 0.6) is 0 Å². The van der Waals surface area contributed by atoms with Gasteiger partial charge in [-0.2, -0.15) is 0 Å². The van der Waals surface area contributed by atoms with Crippen LogP contribution in [0.25, 0.3) is 0 Å². The number of hydrogen-bond donors (Lipinski definition) is 2. The molecule has 22 heavy (non-hydrogen) atoms. The van der Waals surface area contributed by atoms with Gasteiger partial charge in [0.2, 0.25) is 0 Å². The number of amides is 2. The van der Waals surface area contributed by atoms with E-state index < -0.39 is 0 Å². The second kappa shape index (κ2) is 7.42. The molecule has 124 valence electrons. The summed E-state index contributed by atoms with van der Waals surface area (Å²) in [7, 11) is 0. The third-order valence-corrected chi connectivity index (χ3v) is 5.32. The van der Waals surface area contributed by atoms with Crippen LogP contribution >= 0.6 is 11.3 Å². The lowest BCUT2D eigenvalue weighted by molar-refractivity contribution is 0.192. The summed E-state index contributed by atoms with van der Waals surface area (Å²) in [5.74, 6) is 0.339. The molecule has 0 aromatic carbocycles. The fourth-order valence-corrected chi connectivity index (χ4v) is 3.47. The third-order valence-electron chi connectivity index (χ3n) is 4.01. The smallest absolute Gasteiger partial charge is 0.317 e. The maximum absolute atomic E-state index is 12.3. The number of carbonyl (C=O) groups excluding carboxylic acids is 1. The van der Waals surface area contributed by atoms with E-state index in [9.17, 15) is 9.90 Å². The molecule has 1 unspecified atom stereocenters. The Morgan fingerprint density at radius 2 is 2.23 bits per heavy atom. The first kappa shape index (κ1) is 17.2. The van der Waals surface area contributed by atoms with Crippen LogP contribution in [0.2, 0.25) is 0 Å². The van der Waals surface area contributed by atoms with Gasteiger partial charge in [-0.05, 0) is 25.2 Å². The van der Waals surface area contributed by atoms with Crippen molar-refractivity contribution in [1.29, 1.82) is 0 Å². The molecule has 0 aliphatic carbocycles. The monoisotopic (exact) mass is 325 g/mol. The number of aromatic nitrogens is 1. The Hall–Kier alpha value is -1.14. The molecule has 1 saturated heterocycles. The minimum atomic E-state index is -0.0242. The molecule has 0 saturated carbocycles. The van der Waals surface area contributed by atoms with Gasteiger partial charge in [0.25, 0.3) is 0 Å².